The number of aliphatic hydroxyl groups is 1. The van der Waals surface area contributed by atoms with Crippen LogP contribution in [-0.2, 0) is 14.8 Å². The summed E-state index contributed by atoms with van der Waals surface area (Å²) in [6, 6.07) is 16.8. The summed E-state index contributed by atoms with van der Waals surface area (Å²) in [6.07, 6.45) is 1.38. The monoisotopic (exact) mass is 726 g/mol. The highest BCUT2D eigenvalue weighted by Gasteiger charge is 2.32. The van der Waals surface area contributed by atoms with Gasteiger partial charge in [-0.15, -0.1) is 0 Å². The Kier molecular flexibility index (Phi) is 14.1. The number of amides is 3. The highest BCUT2D eigenvalue weighted by atomic mass is 32.2. The van der Waals surface area contributed by atoms with Gasteiger partial charge in [-0.1, -0.05) is 6.92 Å². The molecule has 0 bridgehead atoms. The van der Waals surface area contributed by atoms with Crippen molar-refractivity contribution in [2.75, 3.05) is 58.2 Å². The van der Waals surface area contributed by atoms with Crippen LogP contribution in [0.2, 0.25) is 0 Å². The molecule has 3 aromatic rings. The van der Waals surface area contributed by atoms with Crippen molar-refractivity contribution < 1.29 is 42.1 Å². The molecule has 0 radical (unpaired) electrons. The molecule has 4 atom stereocenters. The lowest BCUT2D eigenvalue weighted by atomic mass is 10.0. The van der Waals surface area contributed by atoms with Gasteiger partial charge in [0.05, 0.1) is 49.5 Å². The van der Waals surface area contributed by atoms with E-state index in [0.717, 1.165) is 12.8 Å². The maximum atomic E-state index is 14.4. The Morgan fingerprint density at radius 3 is 2.22 bits per heavy atom. The first-order valence-corrected chi connectivity index (χ1v) is 18.5. The normalized spacial score (nSPS) is 19.6. The second kappa shape index (κ2) is 18.2. The molecule has 3 N–H and O–H groups in total. The van der Waals surface area contributed by atoms with Crippen molar-refractivity contribution in [2.45, 2.75) is 63.2 Å². The number of aliphatic hydroxyl groups excluding tert-OH is 1. The highest BCUT2D eigenvalue weighted by Crippen LogP contribution is 2.29. The van der Waals surface area contributed by atoms with Gasteiger partial charge in [-0.3, -0.25) is 4.79 Å². The summed E-state index contributed by atoms with van der Waals surface area (Å²) >= 11 is 0. The van der Waals surface area contributed by atoms with Crippen LogP contribution in [0.15, 0.2) is 71.6 Å². The number of rotatable bonds is 10. The number of nitrogens with one attached hydrogen (secondary N) is 2. The number of sulfonamides is 1. The molecule has 3 aromatic carbocycles. The number of methoxy groups -OCH3 is 2. The van der Waals surface area contributed by atoms with Gasteiger partial charge in [0.1, 0.15) is 17.2 Å². The first-order chi connectivity index (χ1) is 24.4. The molecule has 0 aromatic heterocycles. The second-order valence-electron chi connectivity index (χ2n) is 12.8. The van der Waals surface area contributed by atoms with Gasteiger partial charge in [-0.2, -0.15) is 4.31 Å². The molecule has 0 fully saturated rings. The summed E-state index contributed by atoms with van der Waals surface area (Å²) in [5.41, 5.74) is 1.13. The topological polar surface area (TPSA) is 156 Å². The molecule has 0 aliphatic carbocycles. The quantitative estimate of drug-likeness (QED) is 0.247. The summed E-state index contributed by atoms with van der Waals surface area (Å²) in [7, 11) is 0.718. The van der Waals surface area contributed by atoms with Crippen molar-refractivity contribution in [3.63, 3.8) is 0 Å². The van der Waals surface area contributed by atoms with E-state index in [2.05, 4.69) is 10.6 Å². The fourth-order valence-electron chi connectivity index (χ4n) is 5.71. The molecule has 278 valence electrons. The number of urea groups is 1. The number of carbonyl (C=O) groups is 2. The molecule has 13 nitrogen and oxygen atoms in total. The molecule has 51 heavy (non-hydrogen) atoms. The van der Waals surface area contributed by atoms with E-state index in [4.69, 9.17) is 18.9 Å². The van der Waals surface area contributed by atoms with Crippen molar-refractivity contribution in [1.82, 2.24) is 9.21 Å². The number of carbonyl (C=O) groups excluding carboxylic acids is 2. The Bertz CT molecular complexity index is 1700. The minimum Gasteiger partial charge on any atom is -0.497 e. The van der Waals surface area contributed by atoms with E-state index in [1.54, 1.807) is 73.5 Å². The number of benzene rings is 3. The smallest absolute Gasteiger partial charge is 0.323 e. The van der Waals surface area contributed by atoms with E-state index in [1.807, 2.05) is 13.8 Å². The lowest BCUT2D eigenvalue weighted by molar-refractivity contribution is -0.00834. The number of nitrogens with zero attached hydrogens (tertiary/aromatic N) is 2. The van der Waals surface area contributed by atoms with Crippen molar-refractivity contribution in [1.29, 1.82) is 0 Å². The van der Waals surface area contributed by atoms with E-state index < -0.39 is 34.1 Å². The summed E-state index contributed by atoms with van der Waals surface area (Å²) < 4.78 is 51.3. The van der Waals surface area contributed by atoms with Gasteiger partial charge in [0, 0.05) is 44.0 Å². The van der Waals surface area contributed by atoms with E-state index in [-0.39, 0.29) is 42.2 Å². The zero-order valence-electron chi connectivity index (χ0n) is 30.1. The molecule has 4 rings (SSSR count). The molecule has 0 saturated carbocycles. The van der Waals surface area contributed by atoms with E-state index in [9.17, 15) is 23.1 Å². The number of anilines is 2. The standard InChI is InChI=1S/C37H50N4O9S/c1-25-22-41(26(2)24-42)36(43)33-21-29(39-37(44)38-28-10-13-30(47-5)14-11-28)12-19-34(33)50-27(3)9-7-8-20-49-35(25)23-40(4)51(45,46)32-17-15-31(48-6)16-18-32/h10-19,21,25-27,35,42H,7-9,20,22-24H2,1-6H3,(H2,38,39,44)/t25-,26+,27+,35+/m0/s1. The summed E-state index contributed by atoms with van der Waals surface area (Å²) in [5, 5.41) is 15.8. The third-order valence-corrected chi connectivity index (χ3v) is 10.7. The van der Waals surface area contributed by atoms with E-state index in [0.29, 0.717) is 41.7 Å². The van der Waals surface area contributed by atoms with Gasteiger partial charge < -0.3 is 39.6 Å². The summed E-state index contributed by atoms with van der Waals surface area (Å²) in [6.45, 7) is 5.82. The molecule has 1 heterocycles. The first kappa shape index (κ1) is 39.4. The summed E-state index contributed by atoms with van der Waals surface area (Å²) in [4.78, 5) is 29.0. The molecular formula is C37H50N4O9S. The van der Waals surface area contributed by atoms with Crippen molar-refractivity contribution in [3.8, 4) is 17.2 Å². The van der Waals surface area contributed by atoms with Crippen LogP contribution < -0.4 is 24.8 Å². The minimum absolute atomic E-state index is 0.0402. The average Bonchev–Trinajstić information content (AvgIpc) is 3.12. The molecule has 3 amide bonds. The van der Waals surface area contributed by atoms with Crippen LogP contribution in [0.3, 0.4) is 0 Å². The second-order valence-corrected chi connectivity index (χ2v) is 14.8. The Hall–Kier alpha value is -4.37. The lowest BCUT2D eigenvalue weighted by Crippen LogP contribution is -2.48. The van der Waals surface area contributed by atoms with Gasteiger partial charge >= 0.3 is 6.03 Å². The SMILES string of the molecule is COc1ccc(NC(=O)Nc2ccc3c(c2)C(=O)N([C@H](C)CO)C[C@H](C)[C@@H](CN(C)S(=O)(=O)c2ccc(OC)cc2)OCCCC[C@@H](C)O3)cc1. The number of hydrogen-bond donors (Lipinski definition) is 3. The van der Waals surface area contributed by atoms with Crippen molar-refractivity contribution >= 4 is 33.3 Å². The van der Waals surface area contributed by atoms with Crippen LogP contribution in [0.1, 0.15) is 50.4 Å². The minimum atomic E-state index is -3.86. The Morgan fingerprint density at radius 1 is 0.980 bits per heavy atom. The molecule has 0 spiro atoms. The Balaban J connectivity index is 1.61. The van der Waals surface area contributed by atoms with Crippen molar-refractivity contribution in [3.05, 3.63) is 72.3 Å². The van der Waals surface area contributed by atoms with Crippen LogP contribution in [0.25, 0.3) is 0 Å². The molecule has 0 unspecified atom stereocenters. The fourth-order valence-corrected chi connectivity index (χ4v) is 6.89. The lowest BCUT2D eigenvalue weighted by Gasteiger charge is -2.35. The van der Waals surface area contributed by atoms with E-state index >= 15 is 0 Å². The maximum Gasteiger partial charge on any atom is 0.323 e. The molecule has 1 aliphatic heterocycles. The number of ether oxygens (including phenoxy) is 4. The van der Waals surface area contributed by atoms with Crippen LogP contribution in [0, 0.1) is 5.92 Å². The van der Waals surface area contributed by atoms with E-state index in [1.165, 1.54) is 30.6 Å². The zero-order valence-corrected chi connectivity index (χ0v) is 30.9. The largest absolute Gasteiger partial charge is 0.497 e. The number of fused-ring (bicyclic) bond motifs is 1. The van der Waals surface area contributed by atoms with Crippen LogP contribution in [0.5, 0.6) is 17.2 Å². The van der Waals surface area contributed by atoms with Gasteiger partial charge in [0.15, 0.2) is 0 Å². The first-order valence-electron chi connectivity index (χ1n) is 17.0. The fraction of sp³-hybridized carbons (Fsp3) is 0.459. The molecular weight excluding hydrogens is 676 g/mol. The molecule has 14 heteroatoms. The highest BCUT2D eigenvalue weighted by molar-refractivity contribution is 7.89. The third-order valence-electron chi connectivity index (χ3n) is 8.86. The third kappa shape index (κ3) is 10.6. The van der Waals surface area contributed by atoms with Crippen LogP contribution in [-0.4, -0.2) is 100 Å². The van der Waals surface area contributed by atoms with Gasteiger partial charge in [0.2, 0.25) is 10.0 Å². The predicted octanol–water partition coefficient (Wildman–Crippen LogP) is 5.46. The molecule has 1 aliphatic rings. The average molecular weight is 727 g/mol. The summed E-state index contributed by atoms with van der Waals surface area (Å²) in [5.74, 6) is 0.786. The number of hydrogen-bond acceptors (Lipinski definition) is 9. The van der Waals surface area contributed by atoms with Gasteiger partial charge in [-0.05, 0) is 99.8 Å². The zero-order chi connectivity index (χ0) is 37.1. The Labute approximate surface area is 300 Å². The van der Waals surface area contributed by atoms with Crippen LogP contribution in [0.4, 0.5) is 16.2 Å². The Morgan fingerprint density at radius 2 is 1.59 bits per heavy atom. The van der Waals surface area contributed by atoms with Crippen molar-refractivity contribution in [2.24, 2.45) is 5.92 Å². The van der Waals surface area contributed by atoms with Gasteiger partial charge in [0.25, 0.3) is 5.91 Å². The maximum absolute atomic E-state index is 14.4. The predicted molar refractivity (Wildman–Crippen MR) is 195 cm³/mol. The van der Waals surface area contributed by atoms with Crippen LogP contribution >= 0.6 is 0 Å². The van der Waals surface area contributed by atoms with Gasteiger partial charge in [-0.25, -0.2) is 13.2 Å². The number of likely N-dealkylation sites (N-methyl/N-ethyl adjacent to an activating group) is 1. The molecule has 0 saturated heterocycles.